The Balaban J connectivity index is 2.03. The maximum Gasteiger partial charge on any atom is 0.127 e. The zero-order valence-corrected chi connectivity index (χ0v) is 10.9. The monoisotopic (exact) mass is 260 g/mol. The van der Waals surface area contributed by atoms with Gasteiger partial charge in [-0.05, 0) is 35.2 Å². The van der Waals surface area contributed by atoms with Crippen molar-refractivity contribution in [3.8, 4) is 5.75 Å². The lowest BCUT2D eigenvalue weighted by Crippen LogP contribution is -1.97. The zero-order valence-electron chi connectivity index (χ0n) is 10.9. The van der Waals surface area contributed by atoms with Crippen LogP contribution >= 0.6 is 0 Å². The van der Waals surface area contributed by atoms with Crippen LogP contribution in [0.2, 0.25) is 0 Å². The Morgan fingerprint density at radius 1 is 1.00 bits per heavy atom. The Morgan fingerprint density at radius 3 is 2.32 bits per heavy atom. The van der Waals surface area contributed by atoms with Gasteiger partial charge in [0.05, 0.1) is 6.61 Å². The third-order valence-electron chi connectivity index (χ3n) is 2.95. The first kappa shape index (κ1) is 13.6. The molecule has 19 heavy (non-hydrogen) atoms. The first-order chi connectivity index (χ1) is 9.21. The number of halogens is 1. The van der Waals surface area contributed by atoms with Gasteiger partial charge in [-0.25, -0.2) is 4.39 Å². The molecular formula is C16H17FO2. The number of benzene rings is 2. The SMILES string of the molecule is CCc1ccc(COc2cc(F)cc(CO)c2)cc1. The van der Waals surface area contributed by atoms with Crippen LogP contribution in [-0.4, -0.2) is 5.11 Å². The number of aliphatic hydroxyl groups is 1. The molecule has 0 aliphatic heterocycles. The second kappa shape index (κ2) is 6.34. The van der Waals surface area contributed by atoms with Crippen LogP contribution in [0.3, 0.4) is 0 Å². The van der Waals surface area contributed by atoms with Gasteiger partial charge in [0.1, 0.15) is 18.2 Å². The van der Waals surface area contributed by atoms with Gasteiger partial charge in [-0.1, -0.05) is 31.2 Å². The lowest BCUT2D eigenvalue weighted by atomic mass is 10.1. The lowest BCUT2D eigenvalue weighted by Gasteiger charge is -2.08. The van der Waals surface area contributed by atoms with Crippen molar-refractivity contribution in [2.45, 2.75) is 26.6 Å². The van der Waals surface area contributed by atoms with Crippen molar-refractivity contribution in [1.82, 2.24) is 0 Å². The normalized spacial score (nSPS) is 10.5. The van der Waals surface area contributed by atoms with E-state index in [9.17, 15) is 4.39 Å². The van der Waals surface area contributed by atoms with Crippen LogP contribution in [0.15, 0.2) is 42.5 Å². The molecule has 3 heteroatoms. The highest BCUT2D eigenvalue weighted by Crippen LogP contribution is 2.18. The molecule has 0 aliphatic rings. The molecule has 0 heterocycles. The molecular weight excluding hydrogens is 243 g/mol. The quantitative estimate of drug-likeness (QED) is 0.892. The van der Waals surface area contributed by atoms with Crippen molar-refractivity contribution < 1.29 is 14.2 Å². The van der Waals surface area contributed by atoms with Gasteiger partial charge < -0.3 is 9.84 Å². The molecule has 0 radical (unpaired) electrons. The largest absolute Gasteiger partial charge is 0.489 e. The second-order valence-electron chi connectivity index (χ2n) is 4.41. The van der Waals surface area contributed by atoms with Gasteiger partial charge in [-0.15, -0.1) is 0 Å². The van der Waals surface area contributed by atoms with E-state index in [1.54, 1.807) is 6.07 Å². The molecule has 0 atom stereocenters. The summed E-state index contributed by atoms with van der Waals surface area (Å²) in [5.74, 6) is 0.0338. The van der Waals surface area contributed by atoms with E-state index in [1.807, 2.05) is 12.1 Å². The molecule has 100 valence electrons. The van der Waals surface area contributed by atoms with Crippen LogP contribution in [0.1, 0.15) is 23.6 Å². The second-order valence-corrected chi connectivity index (χ2v) is 4.41. The molecule has 0 saturated heterocycles. The average Bonchev–Trinajstić information content (AvgIpc) is 2.45. The van der Waals surface area contributed by atoms with Gasteiger partial charge in [-0.3, -0.25) is 0 Å². The Kier molecular flexibility index (Phi) is 4.53. The van der Waals surface area contributed by atoms with Gasteiger partial charge in [0.25, 0.3) is 0 Å². The maximum absolute atomic E-state index is 13.2. The molecule has 0 aromatic heterocycles. The van der Waals surface area contributed by atoms with Crippen LogP contribution < -0.4 is 4.74 Å². The van der Waals surface area contributed by atoms with Gasteiger partial charge in [0, 0.05) is 6.07 Å². The minimum absolute atomic E-state index is 0.195. The van der Waals surface area contributed by atoms with E-state index in [0.717, 1.165) is 12.0 Å². The molecule has 1 N–H and O–H groups in total. The Labute approximate surface area is 112 Å². The summed E-state index contributed by atoms with van der Waals surface area (Å²) in [5.41, 5.74) is 2.82. The summed E-state index contributed by atoms with van der Waals surface area (Å²) in [7, 11) is 0. The standard InChI is InChI=1S/C16H17FO2/c1-2-12-3-5-13(6-4-12)11-19-16-8-14(10-18)7-15(17)9-16/h3-9,18H,2,10-11H2,1H3. The van der Waals surface area contributed by atoms with Gasteiger partial charge in [-0.2, -0.15) is 0 Å². The van der Waals surface area contributed by atoms with E-state index in [1.165, 1.54) is 17.7 Å². The average molecular weight is 260 g/mol. The Morgan fingerprint density at radius 2 is 1.68 bits per heavy atom. The fourth-order valence-corrected chi connectivity index (χ4v) is 1.83. The Hall–Kier alpha value is -1.87. The predicted molar refractivity (Wildman–Crippen MR) is 72.5 cm³/mol. The summed E-state index contributed by atoms with van der Waals surface area (Å²) in [4.78, 5) is 0. The number of aliphatic hydroxyl groups excluding tert-OH is 1. The molecule has 0 aliphatic carbocycles. The van der Waals surface area contributed by atoms with Crippen molar-refractivity contribution in [3.63, 3.8) is 0 Å². The third kappa shape index (κ3) is 3.80. The van der Waals surface area contributed by atoms with E-state index >= 15 is 0 Å². The molecule has 0 fully saturated rings. The smallest absolute Gasteiger partial charge is 0.127 e. The zero-order chi connectivity index (χ0) is 13.7. The van der Waals surface area contributed by atoms with Crippen molar-refractivity contribution in [3.05, 3.63) is 65.0 Å². The van der Waals surface area contributed by atoms with E-state index < -0.39 is 5.82 Å². The van der Waals surface area contributed by atoms with E-state index in [4.69, 9.17) is 9.84 Å². The molecule has 2 nitrogen and oxygen atoms in total. The number of aryl methyl sites for hydroxylation is 1. The topological polar surface area (TPSA) is 29.5 Å². The van der Waals surface area contributed by atoms with Crippen LogP contribution in [0.4, 0.5) is 4.39 Å². The molecule has 0 unspecified atom stereocenters. The summed E-state index contributed by atoms with van der Waals surface area (Å²) in [5, 5.41) is 9.01. The third-order valence-corrected chi connectivity index (χ3v) is 2.95. The highest BCUT2D eigenvalue weighted by molar-refractivity contribution is 5.30. The number of hydrogen-bond acceptors (Lipinski definition) is 2. The highest BCUT2D eigenvalue weighted by atomic mass is 19.1. The van der Waals surface area contributed by atoms with Crippen molar-refractivity contribution in [2.75, 3.05) is 0 Å². The van der Waals surface area contributed by atoms with Crippen LogP contribution in [-0.2, 0) is 19.6 Å². The summed E-state index contributed by atoms with van der Waals surface area (Å²) in [6.07, 6.45) is 1.00. The summed E-state index contributed by atoms with van der Waals surface area (Å²) >= 11 is 0. The maximum atomic E-state index is 13.2. The summed E-state index contributed by atoms with van der Waals surface area (Å²) in [6, 6.07) is 12.4. The molecule has 0 amide bonds. The fourth-order valence-electron chi connectivity index (χ4n) is 1.83. The molecule has 0 spiro atoms. The molecule has 2 rings (SSSR count). The summed E-state index contributed by atoms with van der Waals surface area (Å²) < 4.78 is 18.8. The van der Waals surface area contributed by atoms with E-state index in [2.05, 4.69) is 19.1 Å². The lowest BCUT2D eigenvalue weighted by molar-refractivity contribution is 0.276. The molecule has 0 saturated carbocycles. The van der Waals surface area contributed by atoms with Gasteiger partial charge >= 0.3 is 0 Å². The van der Waals surface area contributed by atoms with Crippen molar-refractivity contribution >= 4 is 0 Å². The predicted octanol–water partition coefficient (Wildman–Crippen LogP) is 3.46. The van der Waals surface area contributed by atoms with E-state index in [-0.39, 0.29) is 6.61 Å². The molecule has 2 aromatic carbocycles. The van der Waals surface area contributed by atoms with Crippen LogP contribution in [0.5, 0.6) is 5.75 Å². The van der Waals surface area contributed by atoms with Crippen LogP contribution in [0, 0.1) is 5.82 Å². The van der Waals surface area contributed by atoms with Crippen molar-refractivity contribution in [2.24, 2.45) is 0 Å². The van der Waals surface area contributed by atoms with Crippen LogP contribution in [0.25, 0.3) is 0 Å². The molecule has 0 bridgehead atoms. The number of ether oxygens (including phenoxy) is 1. The number of rotatable bonds is 5. The highest BCUT2D eigenvalue weighted by Gasteiger charge is 2.02. The minimum atomic E-state index is -0.400. The first-order valence-electron chi connectivity index (χ1n) is 6.32. The van der Waals surface area contributed by atoms with E-state index in [0.29, 0.717) is 17.9 Å². The van der Waals surface area contributed by atoms with Gasteiger partial charge in [0.2, 0.25) is 0 Å². The summed E-state index contributed by atoms with van der Waals surface area (Å²) in [6.45, 7) is 2.30. The van der Waals surface area contributed by atoms with Crippen molar-refractivity contribution in [1.29, 1.82) is 0 Å². The molecule has 2 aromatic rings. The fraction of sp³-hybridized carbons (Fsp3) is 0.250. The van der Waals surface area contributed by atoms with Gasteiger partial charge in [0.15, 0.2) is 0 Å². The Bertz CT molecular complexity index is 535. The minimum Gasteiger partial charge on any atom is -0.489 e. The number of hydrogen-bond donors (Lipinski definition) is 1. The first-order valence-corrected chi connectivity index (χ1v) is 6.32.